The number of likely N-dealkylation sites (tertiary alicyclic amines) is 1. The first-order valence-electron chi connectivity index (χ1n) is 10.4. The number of halogens is 1. The molecule has 1 saturated heterocycles. The minimum absolute atomic E-state index is 0.0497. The summed E-state index contributed by atoms with van der Waals surface area (Å²) in [5, 5.41) is 2.94. The standard InChI is InChI=1S/C24H29FN2O2/c1-3-5-23(28)26-15-18-6-4-13-27(16-18)24(29)21-12-11-20(14-22(21)25)19-9-7-17(2)8-10-19/h7-12,14,18H,3-6,13,15-16H2,1-2H3,(H,26,28). The second-order valence-electron chi connectivity index (χ2n) is 7.87. The monoisotopic (exact) mass is 396 g/mol. The lowest BCUT2D eigenvalue weighted by Gasteiger charge is -2.33. The van der Waals surface area contributed by atoms with Crippen LogP contribution >= 0.6 is 0 Å². The summed E-state index contributed by atoms with van der Waals surface area (Å²) in [5.41, 5.74) is 2.94. The van der Waals surface area contributed by atoms with Crippen LogP contribution in [-0.4, -0.2) is 36.3 Å². The number of hydrogen-bond donors (Lipinski definition) is 1. The highest BCUT2D eigenvalue weighted by molar-refractivity contribution is 5.95. The van der Waals surface area contributed by atoms with Gasteiger partial charge in [0.25, 0.3) is 5.91 Å². The topological polar surface area (TPSA) is 49.4 Å². The van der Waals surface area contributed by atoms with Gasteiger partial charge in [-0.1, -0.05) is 42.8 Å². The van der Waals surface area contributed by atoms with Crippen LogP contribution in [0.25, 0.3) is 11.1 Å². The molecule has 2 aromatic carbocycles. The van der Waals surface area contributed by atoms with Gasteiger partial charge in [0.2, 0.25) is 5.91 Å². The SMILES string of the molecule is CCCC(=O)NCC1CCCN(C(=O)c2ccc(-c3ccc(C)cc3)cc2F)C1. The number of amides is 2. The van der Waals surface area contributed by atoms with Crippen molar-refractivity contribution in [2.45, 2.75) is 39.5 Å². The first-order chi connectivity index (χ1) is 14.0. The summed E-state index contributed by atoms with van der Waals surface area (Å²) in [6.07, 6.45) is 3.17. The fourth-order valence-corrected chi connectivity index (χ4v) is 3.77. The summed E-state index contributed by atoms with van der Waals surface area (Å²) >= 11 is 0. The third-order valence-corrected chi connectivity index (χ3v) is 5.46. The van der Waals surface area contributed by atoms with Gasteiger partial charge in [-0.15, -0.1) is 0 Å². The van der Waals surface area contributed by atoms with Gasteiger partial charge in [0.05, 0.1) is 5.56 Å². The van der Waals surface area contributed by atoms with E-state index >= 15 is 0 Å². The Labute approximate surface area is 172 Å². The van der Waals surface area contributed by atoms with Gasteiger partial charge in [0.15, 0.2) is 0 Å². The largest absolute Gasteiger partial charge is 0.356 e. The van der Waals surface area contributed by atoms with E-state index in [1.165, 1.54) is 6.07 Å². The Balaban J connectivity index is 1.66. The van der Waals surface area contributed by atoms with Crippen LogP contribution in [0.2, 0.25) is 0 Å². The molecule has 1 heterocycles. The number of benzene rings is 2. The zero-order valence-corrected chi connectivity index (χ0v) is 17.2. The molecule has 154 valence electrons. The van der Waals surface area contributed by atoms with E-state index < -0.39 is 5.82 Å². The summed E-state index contributed by atoms with van der Waals surface area (Å²) in [7, 11) is 0. The van der Waals surface area contributed by atoms with Crippen LogP contribution in [0, 0.1) is 18.7 Å². The fourth-order valence-electron chi connectivity index (χ4n) is 3.77. The number of carbonyl (C=O) groups is 2. The minimum atomic E-state index is -0.494. The van der Waals surface area contributed by atoms with Crippen LogP contribution in [-0.2, 0) is 4.79 Å². The molecule has 1 atom stereocenters. The van der Waals surface area contributed by atoms with E-state index in [-0.39, 0.29) is 23.3 Å². The molecule has 4 nitrogen and oxygen atoms in total. The van der Waals surface area contributed by atoms with Crippen LogP contribution in [0.1, 0.15) is 48.5 Å². The summed E-state index contributed by atoms with van der Waals surface area (Å²) in [4.78, 5) is 26.3. The third-order valence-electron chi connectivity index (χ3n) is 5.46. The van der Waals surface area contributed by atoms with Crippen molar-refractivity contribution < 1.29 is 14.0 Å². The first kappa shape index (κ1) is 21.0. The smallest absolute Gasteiger partial charge is 0.256 e. The predicted octanol–water partition coefficient (Wildman–Crippen LogP) is 4.57. The van der Waals surface area contributed by atoms with E-state index in [9.17, 15) is 14.0 Å². The number of nitrogens with one attached hydrogen (secondary N) is 1. The lowest BCUT2D eigenvalue weighted by atomic mass is 9.96. The molecule has 1 N–H and O–H groups in total. The van der Waals surface area contributed by atoms with Crippen molar-refractivity contribution >= 4 is 11.8 Å². The van der Waals surface area contributed by atoms with Crippen LogP contribution in [0.4, 0.5) is 4.39 Å². The molecular weight excluding hydrogens is 367 g/mol. The Bertz CT molecular complexity index is 864. The number of hydrogen-bond acceptors (Lipinski definition) is 2. The zero-order chi connectivity index (χ0) is 20.8. The van der Waals surface area contributed by atoms with Crippen LogP contribution in [0.5, 0.6) is 0 Å². The van der Waals surface area contributed by atoms with Gasteiger partial charge in [-0.25, -0.2) is 4.39 Å². The number of rotatable bonds is 6. The quantitative estimate of drug-likeness (QED) is 0.778. The summed E-state index contributed by atoms with van der Waals surface area (Å²) in [5.74, 6) is -0.508. The Kier molecular flexibility index (Phi) is 7.02. The Hall–Kier alpha value is -2.69. The average molecular weight is 397 g/mol. The Morgan fingerprint density at radius 1 is 1.14 bits per heavy atom. The van der Waals surface area contributed by atoms with Gasteiger partial charge in [0, 0.05) is 26.1 Å². The molecule has 3 rings (SSSR count). The van der Waals surface area contributed by atoms with Crippen molar-refractivity contribution in [2.75, 3.05) is 19.6 Å². The maximum atomic E-state index is 14.8. The van der Waals surface area contributed by atoms with Crippen molar-refractivity contribution in [1.29, 1.82) is 0 Å². The highest BCUT2D eigenvalue weighted by atomic mass is 19.1. The second kappa shape index (κ2) is 9.68. The Morgan fingerprint density at radius 2 is 1.86 bits per heavy atom. The lowest BCUT2D eigenvalue weighted by molar-refractivity contribution is -0.121. The molecular formula is C24H29FN2O2. The summed E-state index contributed by atoms with van der Waals surface area (Å²) in [6.45, 7) is 5.71. The minimum Gasteiger partial charge on any atom is -0.356 e. The zero-order valence-electron chi connectivity index (χ0n) is 17.2. The van der Waals surface area contributed by atoms with Gasteiger partial charge in [0.1, 0.15) is 5.82 Å². The highest BCUT2D eigenvalue weighted by Crippen LogP contribution is 2.24. The normalized spacial score (nSPS) is 16.5. The summed E-state index contributed by atoms with van der Waals surface area (Å²) in [6, 6.07) is 12.7. The number of aryl methyl sites for hydroxylation is 1. The van der Waals surface area contributed by atoms with Crippen LogP contribution in [0.15, 0.2) is 42.5 Å². The molecule has 0 aromatic heterocycles. The highest BCUT2D eigenvalue weighted by Gasteiger charge is 2.26. The van der Waals surface area contributed by atoms with Crippen molar-refractivity contribution in [1.82, 2.24) is 10.2 Å². The molecule has 5 heteroatoms. The average Bonchev–Trinajstić information content (AvgIpc) is 2.73. The van der Waals surface area contributed by atoms with Crippen molar-refractivity contribution in [2.24, 2.45) is 5.92 Å². The lowest BCUT2D eigenvalue weighted by Crippen LogP contribution is -2.43. The molecule has 2 amide bonds. The van der Waals surface area contributed by atoms with E-state index in [0.717, 1.165) is 36.0 Å². The number of piperidine rings is 1. The molecule has 2 aromatic rings. The summed E-state index contributed by atoms with van der Waals surface area (Å²) < 4.78 is 14.8. The molecule has 0 radical (unpaired) electrons. The molecule has 0 bridgehead atoms. The second-order valence-corrected chi connectivity index (χ2v) is 7.87. The van der Waals surface area contributed by atoms with Gasteiger partial charge in [-0.2, -0.15) is 0 Å². The van der Waals surface area contributed by atoms with E-state index in [2.05, 4.69) is 5.32 Å². The van der Waals surface area contributed by atoms with E-state index in [4.69, 9.17) is 0 Å². The molecule has 1 fully saturated rings. The molecule has 1 aliphatic rings. The van der Waals surface area contributed by atoms with Gasteiger partial charge < -0.3 is 10.2 Å². The van der Waals surface area contributed by atoms with Crippen molar-refractivity contribution in [3.63, 3.8) is 0 Å². The molecule has 0 saturated carbocycles. The maximum Gasteiger partial charge on any atom is 0.256 e. The molecule has 1 unspecified atom stereocenters. The van der Waals surface area contributed by atoms with E-state index in [1.54, 1.807) is 17.0 Å². The molecule has 0 spiro atoms. The van der Waals surface area contributed by atoms with Crippen molar-refractivity contribution in [3.8, 4) is 11.1 Å². The van der Waals surface area contributed by atoms with Gasteiger partial charge >= 0.3 is 0 Å². The predicted molar refractivity (Wildman–Crippen MR) is 113 cm³/mol. The maximum absolute atomic E-state index is 14.8. The molecule has 1 aliphatic heterocycles. The molecule has 0 aliphatic carbocycles. The van der Waals surface area contributed by atoms with E-state index in [0.29, 0.717) is 26.1 Å². The van der Waals surface area contributed by atoms with E-state index in [1.807, 2.05) is 38.1 Å². The van der Waals surface area contributed by atoms with Crippen LogP contribution < -0.4 is 5.32 Å². The number of nitrogens with zero attached hydrogens (tertiary/aromatic N) is 1. The third kappa shape index (κ3) is 5.43. The van der Waals surface area contributed by atoms with Gasteiger partial charge in [-0.3, -0.25) is 9.59 Å². The fraction of sp³-hybridized carbons (Fsp3) is 0.417. The Morgan fingerprint density at radius 3 is 2.55 bits per heavy atom. The van der Waals surface area contributed by atoms with Crippen molar-refractivity contribution in [3.05, 3.63) is 59.4 Å². The molecule has 29 heavy (non-hydrogen) atoms. The van der Waals surface area contributed by atoms with Gasteiger partial charge in [-0.05, 0) is 55.4 Å². The first-order valence-corrected chi connectivity index (χ1v) is 10.4. The van der Waals surface area contributed by atoms with Crippen LogP contribution in [0.3, 0.4) is 0 Å². The number of carbonyl (C=O) groups excluding carboxylic acids is 2.